The van der Waals surface area contributed by atoms with E-state index in [4.69, 9.17) is 4.52 Å². The molecule has 2 aromatic heterocycles. The van der Waals surface area contributed by atoms with Crippen LogP contribution < -0.4 is 0 Å². The van der Waals surface area contributed by atoms with Gasteiger partial charge < -0.3 is 9.42 Å². The zero-order valence-corrected chi connectivity index (χ0v) is 12.0. The maximum atomic E-state index is 12.4. The summed E-state index contributed by atoms with van der Waals surface area (Å²) in [5.41, 5.74) is 0.487. The first kappa shape index (κ1) is 13.7. The van der Waals surface area contributed by atoms with E-state index in [9.17, 15) is 4.79 Å². The highest BCUT2D eigenvalue weighted by atomic mass is 16.5. The number of pyridine rings is 1. The van der Waals surface area contributed by atoms with Crippen LogP contribution in [-0.4, -0.2) is 39.0 Å². The second-order valence-electron chi connectivity index (χ2n) is 5.21. The predicted molar refractivity (Wildman–Crippen MR) is 75.8 cm³/mol. The van der Waals surface area contributed by atoms with Crippen LogP contribution in [0.15, 0.2) is 28.9 Å². The molecule has 1 atom stereocenters. The first-order valence-corrected chi connectivity index (χ1v) is 7.30. The van der Waals surface area contributed by atoms with Gasteiger partial charge in [-0.3, -0.25) is 9.78 Å². The van der Waals surface area contributed by atoms with E-state index in [-0.39, 0.29) is 11.8 Å². The van der Waals surface area contributed by atoms with Crippen LogP contribution in [0.5, 0.6) is 0 Å². The molecule has 6 nitrogen and oxygen atoms in total. The Morgan fingerprint density at radius 2 is 2.38 bits per heavy atom. The Morgan fingerprint density at radius 1 is 1.48 bits per heavy atom. The van der Waals surface area contributed by atoms with Gasteiger partial charge in [0.15, 0.2) is 5.82 Å². The van der Waals surface area contributed by atoms with Gasteiger partial charge in [-0.25, -0.2) is 0 Å². The highest BCUT2D eigenvalue weighted by Crippen LogP contribution is 2.25. The smallest absolute Gasteiger partial charge is 0.272 e. The van der Waals surface area contributed by atoms with Crippen molar-refractivity contribution in [2.75, 3.05) is 13.1 Å². The lowest BCUT2D eigenvalue weighted by molar-refractivity contribution is 0.0697. The number of hydrogen-bond acceptors (Lipinski definition) is 5. The number of likely N-dealkylation sites (tertiary alicyclic amines) is 1. The largest absolute Gasteiger partial charge is 0.339 e. The molecule has 0 saturated carbocycles. The third-order valence-corrected chi connectivity index (χ3v) is 3.74. The van der Waals surface area contributed by atoms with Crippen molar-refractivity contribution in [3.63, 3.8) is 0 Å². The van der Waals surface area contributed by atoms with Crippen LogP contribution in [0.1, 0.15) is 47.9 Å². The number of carbonyl (C=O) groups is 1. The fourth-order valence-corrected chi connectivity index (χ4v) is 2.60. The Balaban J connectivity index is 1.72. The van der Waals surface area contributed by atoms with Crippen LogP contribution in [0.3, 0.4) is 0 Å². The molecule has 0 spiro atoms. The minimum atomic E-state index is -0.0282. The number of aryl methyl sites for hydroxylation is 1. The number of nitrogens with zero attached hydrogens (tertiary/aromatic N) is 4. The van der Waals surface area contributed by atoms with E-state index in [2.05, 4.69) is 15.1 Å². The molecule has 0 aromatic carbocycles. The first-order valence-electron chi connectivity index (χ1n) is 7.30. The van der Waals surface area contributed by atoms with E-state index in [0.717, 1.165) is 25.8 Å². The first-order chi connectivity index (χ1) is 10.3. The Kier molecular flexibility index (Phi) is 3.94. The molecule has 1 amide bonds. The molecule has 3 heterocycles. The minimum Gasteiger partial charge on any atom is -0.339 e. The van der Waals surface area contributed by atoms with Crippen LogP contribution in [0.4, 0.5) is 0 Å². The van der Waals surface area contributed by atoms with Crippen molar-refractivity contribution < 1.29 is 9.32 Å². The summed E-state index contributed by atoms with van der Waals surface area (Å²) in [5.74, 6) is 1.48. The SMILES string of the molecule is CCc1nc([C@H]2CCCN(C(=O)c3ccccn3)C2)no1. The average molecular weight is 286 g/mol. The van der Waals surface area contributed by atoms with E-state index in [0.29, 0.717) is 24.0 Å². The van der Waals surface area contributed by atoms with Gasteiger partial charge in [-0.05, 0) is 25.0 Å². The van der Waals surface area contributed by atoms with E-state index in [1.807, 2.05) is 17.9 Å². The molecular weight excluding hydrogens is 268 g/mol. The average Bonchev–Trinajstić information content (AvgIpc) is 3.04. The maximum Gasteiger partial charge on any atom is 0.272 e. The van der Waals surface area contributed by atoms with Gasteiger partial charge in [0.25, 0.3) is 5.91 Å². The van der Waals surface area contributed by atoms with Crippen LogP contribution in [0.25, 0.3) is 0 Å². The lowest BCUT2D eigenvalue weighted by Crippen LogP contribution is -2.39. The van der Waals surface area contributed by atoms with E-state index < -0.39 is 0 Å². The van der Waals surface area contributed by atoms with Crippen molar-refractivity contribution in [3.8, 4) is 0 Å². The molecule has 2 aromatic rings. The Labute approximate surface area is 123 Å². The summed E-state index contributed by atoms with van der Waals surface area (Å²) in [5, 5.41) is 4.04. The van der Waals surface area contributed by atoms with Crippen molar-refractivity contribution in [1.29, 1.82) is 0 Å². The third kappa shape index (κ3) is 2.94. The Bertz CT molecular complexity index is 611. The molecule has 3 rings (SSSR count). The van der Waals surface area contributed by atoms with Gasteiger partial charge in [0.1, 0.15) is 5.69 Å². The molecule has 1 fully saturated rings. The van der Waals surface area contributed by atoms with Gasteiger partial charge in [0.05, 0.1) is 0 Å². The fourth-order valence-electron chi connectivity index (χ4n) is 2.60. The molecule has 110 valence electrons. The zero-order valence-electron chi connectivity index (χ0n) is 12.0. The molecule has 0 N–H and O–H groups in total. The number of amides is 1. The lowest BCUT2D eigenvalue weighted by Gasteiger charge is -2.31. The summed E-state index contributed by atoms with van der Waals surface area (Å²) in [7, 11) is 0. The molecular formula is C15H18N4O2. The van der Waals surface area contributed by atoms with Crippen molar-refractivity contribution in [2.24, 2.45) is 0 Å². The van der Waals surface area contributed by atoms with Crippen LogP contribution in [0.2, 0.25) is 0 Å². The summed E-state index contributed by atoms with van der Waals surface area (Å²) in [4.78, 5) is 22.8. The Hall–Kier alpha value is -2.24. The molecule has 1 aliphatic heterocycles. The molecule has 0 bridgehead atoms. The summed E-state index contributed by atoms with van der Waals surface area (Å²) in [6.45, 7) is 3.36. The van der Waals surface area contributed by atoms with Crippen molar-refractivity contribution in [1.82, 2.24) is 20.0 Å². The number of piperidine rings is 1. The number of hydrogen-bond donors (Lipinski definition) is 0. The van der Waals surface area contributed by atoms with Gasteiger partial charge in [0, 0.05) is 31.6 Å². The molecule has 0 radical (unpaired) electrons. The van der Waals surface area contributed by atoms with Crippen LogP contribution >= 0.6 is 0 Å². The van der Waals surface area contributed by atoms with Crippen molar-refractivity contribution in [3.05, 3.63) is 41.8 Å². The van der Waals surface area contributed by atoms with Crippen LogP contribution in [0, 0.1) is 0 Å². The molecule has 6 heteroatoms. The molecule has 0 unspecified atom stereocenters. The highest BCUT2D eigenvalue weighted by molar-refractivity contribution is 5.92. The maximum absolute atomic E-state index is 12.4. The predicted octanol–water partition coefficient (Wildman–Crippen LogP) is 2.05. The summed E-state index contributed by atoms with van der Waals surface area (Å²) in [6, 6.07) is 5.38. The lowest BCUT2D eigenvalue weighted by atomic mass is 9.97. The second kappa shape index (κ2) is 6.03. The number of rotatable bonds is 3. The normalized spacial score (nSPS) is 18.7. The van der Waals surface area contributed by atoms with Gasteiger partial charge in [-0.2, -0.15) is 4.98 Å². The van der Waals surface area contributed by atoms with E-state index >= 15 is 0 Å². The highest BCUT2D eigenvalue weighted by Gasteiger charge is 2.28. The summed E-state index contributed by atoms with van der Waals surface area (Å²) in [6.07, 6.45) is 4.30. The monoisotopic (exact) mass is 286 g/mol. The minimum absolute atomic E-state index is 0.0282. The summed E-state index contributed by atoms with van der Waals surface area (Å²) >= 11 is 0. The topological polar surface area (TPSA) is 72.1 Å². The summed E-state index contributed by atoms with van der Waals surface area (Å²) < 4.78 is 5.17. The third-order valence-electron chi connectivity index (χ3n) is 3.74. The zero-order chi connectivity index (χ0) is 14.7. The van der Waals surface area contributed by atoms with Crippen LogP contribution in [-0.2, 0) is 6.42 Å². The standard InChI is InChI=1S/C15H18N4O2/c1-2-13-17-14(18-21-13)11-6-5-9-19(10-11)15(20)12-7-3-4-8-16-12/h3-4,7-8,11H,2,5-6,9-10H2,1H3/t11-/m0/s1. The van der Waals surface area contributed by atoms with Gasteiger partial charge in [-0.1, -0.05) is 18.1 Å². The van der Waals surface area contributed by atoms with E-state index in [1.54, 1.807) is 18.3 Å². The number of aromatic nitrogens is 3. The van der Waals surface area contributed by atoms with Gasteiger partial charge in [0.2, 0.25) is 5.89 Å². The molecule has 1 aliphatic rings. The van der Waals surface area contributed by atoms with E-state index in [1.165, 1.54) is 0 Å². The van der Waals surface area contributed by atoms with Gasteiger partial charge in [-0.15, -0.1) is 0 Å². The Morgan fingerprint density at radius 3 is 3.10 bits per heavy atom. The second-order valence-corrected chi connectivity index (χ2v) is 5.21. The quantitative estimate of drug-likeness (QED) is 0.863. The number of carbonyl (C=O) groups excluding carboxylic acids is 1. The van der Waals surface area contributed by atoms with Crippen molar-refractivity contribution >= 4 is 5.91 Å². The molecule has 1 saturated heterocycles. The van der Waals surface area contributed by atoms with Crippen molar-refractivity contribution in [2.45, 2.75) is 32.1 Å². The molecule has 21 heavy (non-hydrogen) atoms. The fraction of sp³-hybridized carbons (Fsp3) is 0.467. The van der Waals surface area contributed by atoms with Gasteiger partial charge >= 0.3 is 0 Å². The molecule has 0 aliphatic carbocycles.